The molecule has 1 N–H and O–H groups in total. The van der Waals surface area contributed by atoms with E-state index in [1.165, 1.54) is 5.56 Å². The number of halogens is 2. The molecule has 0 spiro atoms. The molecule has 0 aliphatic carbocycles. The van der Waals surface area contributed by atoms with Crippen LogP contribution in [0.5, 0.6) is 0 Å². The van der Waals surface area contributed by atoms with Crippen LogP contribution >= 0.6 is 23.2 Å². The molecule has 164 valence electrons. The normalized spacial score (nSPS) is 12.1. The Labute approximate surface area is 191 Å². The minimum Gasteiger partial charge on any atom is -0.319 e. The zero-order chi connectivity index (χ0) is 22.5. The Bertz CT molecular complexity index is 846. The maximum Gasteiger partial charge on any atom is 0.255 e. The summed E-state index contributed by atoms with van der Waals surface area (Å²) in [4.78, 5) is 12.8. The van der Waals surface area contributed by atoms with Gasteiger partial charge >= 0.3 is 0 Å². The number of anilines is 1. The van der Waals surface area contributed by atoms with Crippen molar-refractivity contribution in [2.75, 3.05) is 5.32 Å². The van der Waals surface area contributed by atoms with Crippen molar-refractivity contribution in [3.8, 4) is 0 Å². The Morgan fingerprint density at radius 2 is 1.40 bits per heavy atom. The SMILES string of the molecule is CCC(C)(CC)Cc1ccc(C(=O)Nc2c(Cl)c[n+](C(C)(CC)CC)cc2Cl)cc1. The summed E-state index contributed by atoms with van der Waals surface area (Å²) in [5.41, 5.74) is 2.49. The van der Waals surface area contributed by atoms with Crippen LogP contribution in [0.25, 0.3) is 0 Å². The number of pyridine rings is 1. The third kappa shape index (κ3) is 5.56. The summed E-state index contributed by atoms with van der Waals surface area (Å²) in [6, 6.07) is 7.81. The van der Waals surface area contributed by atoms with Crippen LogP contribution in [0, 0.1) is 5.41 Å². The average Bonchev–Trinajstić information content (AvgIpc) is 2.75. The van der Waals surface area contributed by atoms with E-state index >= 15 is 0 Å². The molecule has 0 saturated heterocycles. The zero-order valence-electron chi connectivity index (χ0n) is 19.1. The largest absolute Gasteiger partial charge is 0.319 e. The molecular formula is C25H35Cl2N2O+. The Balaban J connectivity index is 2.20. The van der Waals surface area contributed by atoms with E-state index in [9.17, 15) is 4.79 Å². The number of nitrogens with zero attached hydrogens (tertiary/aromatic N) is 1. The lowest BCUT2D eigenvalue weighted by molar-refractivity contribution is -0.762. The van der Waals surface area contributed by atoms with Gasteiger partial charge in [0.15, 0.2) is 17.9 Å². The molecule has 0 aliphatic heterocycles. The molecular weight excluding hydrogens is 415 g/mol. The second kappa shape index (κ2) is 10.2. The molecule has 2 aromatic rings. The van der Waals surface area contributed by atoms with E-state index in [1.807, 2.05) is 41.2 Å². The number of benzene rings is 1. The van der Waals surface area contributed by atoms with Crippen LogP contribution in [-0.2, 0) is 12.0 Å². The molecule has 3 nitrogen and oxygen atoms in total. The third-order valence-electron chi connectivity index (χ3n) is 6.92. The number of hydrogen-bond donors (Lipinski definition) is 1. The van der Waals surface area contributed by atoms with Crippen LogP contribution in [0.15, 0.2) is 36.7 Å². The molecule has 1 heterocycles. The van der Waals surface area contributed by atoms with E-state index < -0.39 is 0 Å². The lowest BCUT2D eigenvalue weighted by atomic mass is 9.79. The number of hydrogen-bond acceptors (Lipinski definition) is 1. The van der Waals surface area contributed by atoms with Crippen molar-refractivity contribution in [2.45, 2.75) is 79.2 Å². The van der Waals surface area contributed by atoms with Crippen molar-refractivity contribution in [3.63, 3.8) is 0 Å². The quantitative estimate of drug-likeness (QED) is 0.396. The Hall–Kier alpha value is -1.58. The molecule has 1 aromatic heterocycles. The maximum atomic E-state index is 12.8. The molecule has 0 fully saturated rings. The van der Waals surface area contributed by atoms with Crippen LogP contribution in [0.2, 0.25) is 10.0 Å². The zero-order valence-corrected chi connectivity index (χ0v) is 20.6. The van der Waals surface area contributed by atoms with E-state index in [0.29, 0.717) is 21.3 Å². The van der Waals surface area contributed by atoms with Crippen molar-refractivity contribution < 1.29 is 9.36 Å². The van der Waals surface area contributed by atoms with Gasteiger partial charge in [0.1, 0.15) is 10.0 Å². The van der Waals surface area contributed by atoms with E-state index in [0.717, 1.165) is 32.1 Å². The van der Waals surface area contributed by atoms with E-state index in [1.54, 1.807) is 0 Å². The van der Waals surface area contributed by atoms with Gasteiger partial charge in [-0.1, -0.05) is 82.8 Å². The molecule has 1 aromatic carbocycles. The molecule has 0 aliphatic rings. The van der Waals surface area contributed by atoms with E-state index in [2.05, 4.69) is 46.9 Å². The first-order chi connectivity index (χ1) is 14.1. The fraction of sp³-hybridized carbons (Fsp3) is 0.520. The molecule has 0 bridgehead atoms. The van der Waals surface area contributed by atoms with Gasteiger partial charge in [-0.3, -0.25) is 4.79 Å². The summed E-state index contributed by atoms with van der Waals surface area (Å²) in [5.74, 6) is -0.217. The number of carbonyl (C=O) groups is 1. The Kier molecular flexibility index (Phi) is 8.35. The molecule has 2 rings (SSSR count). The van der Waals surface area contributed by atoms with Gasteiger partial charge in [0.2, 0.25) is 0 Å². The summed E-state index contributed by atoms with van der Waals surface area (Å²) >= 11 is 13.0. The fourth-order valence-electron chi connectivity index (χ4n) is 3.52. The van der Waals surface area contributed by atoms with Crippen molar-refractivity contribution in [3.05, 3.63) is 57.8 Å². The van der Waals surface area contributed by atoms with Crippen molar-refractivity contribution >= 4 is 34.8 Å². The lowest BCUT2D eigenvalue weighted by Gasteiger charge is -2.26. The molecule has 0 atom stereocenters. The number of amides is 1. The monoisotopic (exact) mass is 449 g/mol. The second-order valence-corrected chi connectivity index (χ2v) is 9.60. The highest BCUT2D eigenvalue weighted by molar-refractivity contribution is 6.39. The van der Waals surface area contributed by atoms with Crippen molar-refractivity contribution in [1.29, 1.82) is 0 Å². The average molecular weight is 450 g/mol. The summed E-state index contributed by atoms with van der Waals surface area (Å²) in [6.45, 7) is 13.2. The molecule has 30 heavy (non-hydrogen) atoms. The molecule has 1 amide bonds. The fourth-order valence-corrected chi connectivity index (χ4v) is 4.08. The minimum absolute atomic E-state index is 0.0723. The summed E-state index contributed by atoms with van der Waals surface area (Å²) in [5, 5.41) is 3.75. The highest BCUT2D eigenvalue weighted by atomic mass is 35.5. The molecule has 5 heteroatoms. The maximum absolute atomic E-state index is 12.8. The second-order valence-electron chi connectivity index (χ2n) is 8.79. The van der Waals surface area contributed by atoms with E-state index in [-0.39, 0.29) is 16.9 Å². The summed E-state index contributed by atoms with van der Waals surface area (Å²) in [7, 11) is 0. The molecule has 0 radical (unpaired) electrons. The van der Waals surface area contributed by atoms with Gasteiger partial charge in [0.05, 0.1) is 5.69 Å². The summed E-state index contributed by atoms with van der Waals surface area (Å²) in [6.07, 6.45) is 8.86. The van der Waals surface area contributed by atoms with Crippen LogP contribution in [0.1, 0.15) is 83.1 Å². The smallest absolute Gasteiger partial charge is 0.255 e. The summed E-state index contributed by atoms with van der Waals surface area (Å²) < 4.78 is 2.04. The number of rotatable bonds is 9. The van der Waals surface area contributed by atoms with Gasteiger partial charge in [0, 0.05) is 25.3 Å². The molecule has 0 unspecified atom stereocenters. The Morgan fingerprint density at radius 1 is 0.900 bits per heavy atom. The number of aromatic nitrogens is 1. The lowest BCUT2D eigenvalue weighted by Crippen LogP contribution is -2.53. The predicted molar refractivity (Wildman–Crippen MR) is 128 cm³/mol. The Morgan fingerprint density at radius 3 is 1.83 bits per heavy atom. The van der Waals surface area contributed by atoms with Gasteiger partial charge in [0.25, 0.3) is 5.91 Å². The first-order valence-electron chi connectivity index (χ1n) is 10.9. The van der Waals surface area contributed by atoms with Gasteiger partial charge in [-0.2, -0.15) is 4.57 Å². The van der Waals surface area contributed by atoms with Crippen LogP contribution in [0.4, 0.5) is 5.69 Å². The standard InChI is InChI=1S/C25H34Cl2N2O/c1-7-24(5,8-2)15-18-11-13-19(14-12-18)23(30)28-22-20(26)16-29(17-21(22)27)25(6,9-3)10-4/h11-14,16-17H,7-10,15H2,1-6H3/p+1. The van der Waals surface area contributed by atoms with E-state index in [4.69, 9.17) is 23.2 Å². The highest BCUT2D eigenvalue weighted by Gasteiger charge is 2.32. The van der Waals surface area contributed by atoms with Crippen LogP contribution in [-0.4, -0.2) is 5.91 Å². The minimum atomic E-state index is -0.217. The number of nitrogens with one attached hydrogen (secondary N) is 1. The highest BCUT2D eigenvalue weighted by Crippen LogP contribution is 2.32. The predicted octanol–water partition coefficient (Wildman–Crippen LogP) is 7.44. The first-order valence-corrected chi connectivity index (χ1v) is 11.7. The van der Waals surface area contributed by atoms with Crippen molar-refractivity contribution in [2.24, 2.45) is 5.41 Å². The first kappa shape index (κ1) is 24.7. The van der Waals surface area contributed by atoms with Crippen LogP contribution < -0.4 is 9.88 Å². The van der Waals surface area contributed by atoms with Crippen LogP contribution in [0.3, 0.4) is 0 Å². The van der Waals surface area contributed by atoms with Gasteiger partial charge in [-0.15, -0.1) is 0 Å². The third-order valence-corrected chi connectivity index (χ3v) is 7.50. The van der Waals surface area contributed by atoms with Crippen molar-refractivity contribution in [1.82, 2.24) is 0 Å². The van der Waals surface area contributed by atoms with Gasteiger partial charge in [-0.25, -0.2) is 0 Å². The van der Waals surface area contributed by atoms with Gasteiger partial charge in [-0.05, 0) is 29.5 Å². The number of carbonyl (C=O) groups excluding carboxylic acids is 1. The van der Waals surface area contributed by atoms with Gasteiger partial charge < -0.3 is 5.32 Å². The topological polar surface area (TPSA) is 33.0 Å². The molecule has 0 saturated carbocycles.